The highest BCUT2D eigenvalue weighted by Gasteiger charge is 2.76. The molecule has 2 saturated heterocycles. The molecule has 0 spiro atoms. The van der Waals surface area contributed by atoms with Crippen LogP contribution in [0.5, 0.6) is 5.75 Å². The Morgan fingerprint density at radius 3 is 2.86 bits per heavy atom. The maximum Gasteiger partial charge on any atom is 0.270 e. The maximum absolute atomic E-state index is 13.6. The van der Waals surface area contributed by atoms with Crippen molar-refractivity contribution < 1.29 is 9.90 Å². The number of phenols is 1. The van der Waals surface area contributed by atoms with Crippen LogP contribution in [-0.4, -0.2) is 57.5 Å². The molecule has 6 heteroatoms. The molecule has 2 aromatic rings. The number of phenolic OH excluding ortho intramolecular Hbond substituents is 1. The Bertz CT molecular complexity index is 1300. The molecule has 3 saturated carbocycles. The van der Waals surface area contributed by atoms with E-state index >= 15 is 0 Å². The summed E-state index contributed by atoms with van der Waals surface area (Å²) in [6.45, 7) is 3.17. The van der Waals surface area contributed by atoms with Gasteiger partial charge < -0.3 is 15.0 Å². The van der Waals surface area contributed by atoms with E-state index in [-0.39, 0.29) is 28.3 Å². The van der Waals surface area contributed by atoms with E-state index in [1.807, 2.05) is 6.07 Å². The summed E-state index contributed by atoms with van der Waals surface area (Å²) in [7, 11) is 0. The van der Waals surface area contributed by atoms with Gasteiger partial charge in [0.1, 0.15) is 11.4 Å². The number of aromatic nitrogens is 1. The molecule has 1 amide bonds. The number of hydrogen-bond acceptors (Lipinski definition) is 4. The third-order valence-electron chi connectivity index (χ3n) is 11.0. The Hall–Kier alpha value is -2.60. The molecule has 2 N–H and O–H groups in total. The zero-order valence-electron chi connectivity index (χ0n) is 20.1. The van der Waals surface area contributed by atoms with Crippen LogP contribution in [0.4, 0.5) is 0 Å². The molecule has 0 radical (unpaired) electrons. The summed E-state index contributed by atoms with van der Waals surface area (Å²) < 4.78 is 0. The highest BCUT2D eigenvalue weighted by Crippen LogP contribution is 2.75. The lowest BCUT2D eigenvalue weighted by Gasteiger charge is -2.66. The van der Waals surface area contributed by atoms with Gasteiger partial charge in [0.15, 0.2) is 0 Å². The first-order valence-corrected chi connectivity index (χ1v) is 13.6. The average Bonchev–Trinajstić information content (AvgIpc) is 3.54. The molecule has 1 aromatic heterocycles. The summed E-state index contributed by atoms with van der Waals surface area (Å²) in [5, 5.41) is 10.6. The summed E-state index contributed by atoms with van der Waals surface area (Å²) in [6.07, 6.45) is 8.39. The molecule has 8 rings (SSSR count). The van der Waals surface area contributed by atoms with Crippen LogP contribution in [-0.2, 0) is 11.8 Å². The van der Waals surface area contributed by atoms with E-state index in [9.17, 15) is 14.7 Å². The smallest absolute Gasteiger partial charge is 0.270 e. The fraction of sp³-hybridized carbons (Fsp3) is 0.586. The van der Waals surface area contributed by atoms with Crippen molar-refractivity contribution in [3.63, 3.8) is 0 Å². The van der Waals surface area contributed by atoms with Crippen molar-refractivity contribution in [2.24, 2.45) is 23.2 Å². The number of rotatable bonds is 3. The molecule has 3 heterocycles. The second-order valence-electron chi connectivity index (χ2n) is 12.4. The second-order valence-corrected chi connectivity index (χ2v) is 12.4. The van der Waals surface area contributed by atoms with E-state index in [0.717, 1.165) is 44.7 Å². The lowest BCUT2D eigenvalue weighted by molar-refractivity contribution is -0.102. The van der Waals surface area contributed by atoms with Crippen LogP contribution in [0.1, 0.15) is 60.1 Å². The van der Waals surface area contributed by atoms with Gasteiger partial charge in [-0.15, -0.1) is 0 Å². The number of fused-ring (bicyclic) bond motifs is 1. The third-order valence-corrected chi connectivity index (χ3v) is 11.0. The van der Waals surface area contributed by atoms with E-state index in [4.69, 9.17) is 0 Å². The Morgan fingerprint density at radius 2 is 2.03 bits per heavy atom. The summed E-state index contributed by atoms with van der Waals surface area (Å²) in [5.74, 6) is 2.15. The number of likely N-dealkylation sites (tertiary alicyclic amines) is 2. The van der Waals surface area contributed by atoms with E-state index < -0.39 is 0 Å². The number of pyridine rings is 1. The van der Waals surface area contributed by atoms with Gasteiger partial charge in [-0.05, 0) is 104 Å². The number of hydrogen-bond donors (Lipinski definition) is 2. The number of aromatic amines is 1. The lowest BCUT2D eigenvalue weighted by Crippen LogP contribution is -2.69. The first kappa shape index (κ1) is 20.6. The molecule has 1 aromatic carbocycles. The minimum absolute atomic E-state index is 0.0272. The summed E-state index contributed by atoms with van der Waals surface area (Å²) >= 11 is 0. The van der Waals surface area contributed by atoms with E-state index in [2.05, 4.69) is 26.9 Å². The van der Waals surface area contributed by atoms with Crippen LogP contribution in [0.25, 0.3) is 0 Å². The first-order valence-electron chi connectivity index (χ1n) is 13.6. The maximum atomic E-state index is 13.6. The number of H-pyrrole nitrogens is 1. The Kier molecular flexibility index (Phi) is 3.99. The van der Waals surface area contributed by atoms with Crippen LogP contribution in [0.3, 0.4) is 0 Å². The number of benzene rings is 1. The summed E-state index contributed by atoms with van der Waals surface area (Å²) in [5.41, 5.74) is 3.28. The molecule has 4 aliphatic carbocycles. The van der Waals surface area contributed by atoms with Crippen molar-refractivity contribution in [2.75, 3.05) is 19.6 Å². The molecule has 6 aliphatic rings. The lowest BCUT2D eigenvalue weighted by atomic mass is 9.43. The largest absolute Gasteiger partial charge is 0.508 e. The van der Waals surface area contributed by atoms with Crippen molar-refractivity contribution in [3.8, 4) is 5.75 Å². The quantitative estimate of drug-likeness (QED) is 0.720. The van der Waals surface area contributed by atoms with Gasteiger partial charge in [0, 0.05) is 36.7 Å². The van der Waals surface area contributed by atoms with Crippen molar-refractivity contribution in [1.29, 1.82) is 0 Å². The monoisotopic (exact) mass is 471 g/mol. The van der Waals surface area contributed by atoms with Crippen molar-refractivity contribution in [2.45, 2.75) is 62.4 Å². The molecule has 182 valence electrons. The van der Waals surface area contributed by atoms with Gasteiger partial charge in [-0.2, -0.15) is 0 Å². The Balaban J connectivity index is 1.25. The number of nitrogens with zero attached hydrogens (tertiary/aromatic N) is 2. The normalized spacial score (nSPS) is 38.8. The molecule has 35 heavy (non-hydrogen) atoms. The van der Waals surface area contributed by atoms with Gasteiger partial charge in [0.05, 0.1) is 0 Å². The standard InChI is InChI=1S/C29H33N3O3/c33-20-7-6-18-12-24-28-9-8-23-26(29(28,21(18)13-20)10-11-31(24)15-17-4-5-17)19(14-28)16-32(23)27(35)22-2-1-3-25(34)30-22/h1-3,6-7,13,17,19,23-24,26,33H,4-5,8-12,14-16H2,(H,30,34)/t19-,23?,24?,26?,28?,29?/m1/s1. The van der Waals surface area contributed by atoms with Crippen molar-refractivity contribution in [3.05, 3.63) is 63.6 Å². The zero-order valence-corrected chi connectivity index (χ0v) is 20.1. The predicted molar refractivity (Wildman–Crippen MR) is 131 cm³/mol. The first-order chi connectivity index (χ1) is 17.0. The average molecular weight is 472 g/mol. The highest BCUT2D eigenvalue weighted by molar-refractivity contribution is 5.92. The van der Waals surface area contributed by atoms with Crippen LogP contribution < -0.4 is 5.56 Å². The van der Waals surface area contributed by atoms with E-state index in [0.29, 0.717) is 29.3 Å². The molecular formula is C29H33N3O3. The summed E-state index contributed by atoms with van der Waals surface area (Å²) in [4.78, 5) is 33.3. The molecule has 4 bridgehead atoms. The minimum atomic E-state index is -0.223. The van der Waals surface area contributed by atoms with E-state index in [1.165, 1.54) is 43.0 Å². The van der Waals surface area contributed by atoms with Gasteiger partial charge in [0.25, 0.3) is 5.91 Å². The van der Waals surface area contributed by atoms with Crippen LogP contribution >= 0.6 is 0 Å². The van der Waals surface area contributed by atoms with Crippen molar-refractivity contribution >= 4 is 5.91 Å². The number of carbonyl (C=O) groups excluding carboxylic acids is 1. The molecule has 5 unspecified atom stereocenters. The number of aromatic hydroxyl groups is 1. The van der Waals surface area contributed by atoms with Gasteiger partial charge in [-0.25, -0.2) is 0 Å². The van der Waals surface area contributed by atoms with Crippen LogP contribution in [0.2, 0.25) is 0 Å². The number of carbonyl (C=O) groups is 1. The van der Waals surface area contributed by atoms with Gasteiger partial charge in [0.2, 0.25) is 5.56 Å². The van der Waals surface area contributed by atoms with Crippen LogP contribution in [0, 0.1) is 23.2 Å². The third kappa shape index (κ3) is 2.54. The number of piperidine rings is 1. The predicted octanol–water partition coefficient (Wildman–Crippen LogP) is 3.30. The van der Waals surface area contributed by atoms with Crippen molar-refractivity contribution in [1.82, 2.24) is 14.8 Å². The van der Waals surface area contributed by atoms with Crippen LogP contribution in [0.15, 0.2) is 41.2 Å². The molecule has 6 nitrogen and oxygen atoms in total. The second kappa shape index (κ2) is 6.78. The molecule has 6 atom stereocenters. The highest BCUT2D eigenvalue weighted by atomic mass is 16.3. The Labute approximate surface area is 205 Å². The number of nitrogens with one attached hydrogen (secondary N) is 1. The topological polar surface area (TPSA) is 76.6 Å². The SMILES string of the molecule is O=C(c1cccc(=O)[nH]1)N1C[C@H]2CC34CCC1C2C31CCN(CC2CC2)C4Cc2ccc(O)cc21. The van der Waals surface area contributed by atoms with Gasteiger partial charge >= 0.3 is 0 Å². The zero-order chi connectivity index (χ0) is 23.5. The number of amides is 1. The minimum Gasteiger partial charge on any atom is -0.508 e. The van der Waals surface area contributed by atoms with Gasteiger partial charge in [-0.3, -0.25) is 14.5 Å². The molecule has 2 aliphatic heterocycles. The van der Waals surface area contributed by atoms with E-state index in [1.54, 1.807) is 12.1 Å². The fourth-order valence-corrected chi connectivity index (χ4v) is 9.90. The molecule has 5 fully saturated rings. The summed E-state index contributed by atoms with van der Waals surface area (Å²) in [6, 6.07) is 11.8. The fourth-order valence-electron chi connectivity index (χ4n) is 9.90. The van der Waals surface area contributed by atoms with Gasteiger partial charge in [-0.1, -0.05) is 12.1 Å². The molecular weight excluding hydrogens is 438 g/mol. The Morgan fingerprint density at radius 1 is 1.14 bits per heavy atom.